The summed E-state index contributed by atoms with van der Waals surface area (Å²) >= 11 is 0. The molecule has 10 heteroatoms. The van der Waals surface area contributed by atoms with Crippen molar-refractivity contribution in [2.45, 2.75) is 19.1 Å². The summed E-state index contributed by atoms with van der Waals surface area (Å²) in [5.74, 6) is 9.58. The van der Waals surface area contributed by atoms with E-state index in [-0.39, 0.29) is 18.0 Å². The van der Waals surface area contributed by atoms with Gasteiger partial charge in [-0.3, -0.25) is 24.6 Å². The molecule has 0 aliphatic heterocycles. The van der Waals surface area contributed by atoms with Gasteiger partial charge in [-0.1, -0.05) is 11.8 Å². The van der Waals surface area contributed by atoms with Gasteiger partial charge < -0.3 is 21.1 Å². The normalized spacial score (nSPS) is 11.3. The van der Waals surface area contributed by atoms with Crippen LogP contribution >= 0.6 is 0 Å². The number of aliphatic hydroxyl groups excluding tert-OH is 1. The summed E-state index contributed by atoms with van der Waals surface area (Å²) in [5.41, 5.74) is 4.44. The first-order valence-corrected chi connectivity index (χ1v) is 11.4. The minimum absolute atomic E-state index is 0.121. The monoisotopic (exact) mass is 511 g/mol. The molecule has 1 aromatic heterocycles. The molecule has 6 N–H and O–H groups in total. The summed E-state index contributed by atoms with van der Waals surface area (Å²) in [6.45, 7) is 1.44. The lowest BCUT2D eigenvalue weighted by Gasteiger charge is -2.19. The zero-order chi connectivity index (χ0) is 27.3. The Kier molecular flexibility index (Phi) is 9.96. The molecule has 0 aliphatic carbocycles. The van der Waals surface area contributed by atoms with Gasteiger partial charge in [0.1, 0.15) is 6.04 Å². The maximum Gasteiger partial charge on any atom is 0.268 e. The van der Waals surface area contributed by atoms with E-state index in [4.69, 9.17) is 5.21 Å². The van der Waals surface area contributed by atoms with Crippen LogP contribution in [0.2, 0.25) is 0 Å². The number of pyridine rings is 1. The molecule has 3 amide bonds. The Hall–Kier alpha value is -5.16. The van der Waals surface area contributed by atoms with Crippen molar-refractivity contribution in [1.82, 2.24) is 15.8 Å². The fourth-order valence-corrected chi connectivity index (χ4v) is 3.11. The van der Waals surface area contributed by atoms with E-state index >= 15 is 0 Å². The van der Waals surface area contributed by atoms with Crippen LogP contribution in [-0.2, 0) is 9.59 Å². The van der Waals surface area contributed by atoms with E-state index in [1.165, 1.54) is 24.5 Å². The first-order valence-electron chi connectivity index (χ1n) is 11.4. The van der Waals surface area contributed by atoms with Crippen molar-refractivity contribution in [3.05, 3.63) is 89.7 Å². The quantitative estimate of drug-likeness (QED) is 0.152. The SMILES string of the molecule is C[C@@H](O)[C@H](NC(=O)c1ccc(C#CC#Cc2ccc(NC(=O)CNc3ccncc3)cc2)cc1)C(=O)NO. The van der Waals surface area contributed by atoms with Crippen LogP contribution in [0.4, 0.5) is 11.4 Å². The third-order valence-electron chi connectivity index (χ3n) is 5.09. The number of hydroxylamine groups is 1. The van der Waals surface area contributed by atoms with Gasteiger partial charge >= 0.3 is 0 Å². The molecule has 0 saturated heterocycles. The molecule has 0 aliphatic rings. The van der Waals surface area contributed by atoms with Crippen molar-refractivity contribution in [1.29, 1.82) is 0 Å². The Morgan fingerprint density at radius 2 is 1.45 bits per heavy atom. The molecule has 0 saturated carbocycles. The number of hydrogen-bond acceptors (Lipinski definition) is 7. The van der Waals surface area contributed by atoms with Gasteiger partial charge in [-0.25, -0.2) is 5.48 Å². The second kappa shape index (κ2) is 13.8. The molecule has 3 aromatic rings. The summed E-state index contributed by atoms with van der Waals surface area (Å²) in [6.07, 6.45) is 2.08. The van der Waals surface area contributed by atoms with Crippen LogP contribution in [0.25, 0.3) is 0 Å². The van der Waals surface area contributed by atoms with Gasteiger partial charge in [-0.15, -0.1) is 0 Å². The number of hydrogen-bond donors (Lipinski definition) is 6. The predicted molar refractivity (Wildman–Crippen MR) is 141 cm³/mol. The fourth-order valence-electron chi connectivity index (χ4n) is 3.11. The smallest absolute Gasteiger partial charge is 0.268 e. The summed E-state index contributed by atoms with van der Waals surface area (Å²) in [4.78, 5) is 39.9. The summed E-state index contributed by atoms with van der Waals surface area (Å²) in [7, 11) is 0. The number of nitrogens with one attached hydrogen (secondary N) is 4. The largest absolute Gasteiger partial charge is 0.391 e. The van der Waals surface area contributed by atoms with Crippen LogP contribution in [0.3, 0.4) is 0 Å². The van der Waals surface area contributed by atoms with Crippen LogP contribution in [0.5, 0.6) is 0 Å². The van der Waals surface area contributed by atoms with Gasteiger partial charge in [0.05, 0.1) is 12.6 Å². The minimum Gasteiger partial charge on any atom is -0.391 e. The average Bonchev–Trinajstić information content (AvgIpc) is 2.94. The van der Waals surface area contributed by atoms with E-state index in [0.717, 1.165) is 11.3 Å². The summed E-state index contributed by atoms with van der Waals surface area (Å²) in [6, 6.07) is 15.5. The highest BCUT2D eigenvalue weighted by atomic mass is 16.5. The lowest BCUT2D eigenvalue weighted by atomic mass is 10.1. The second-order valence-electron chi connectivity index (χ2n) is 7.96. The molecular formula is C28H25N5O5. The molecule has 0 bridgehead atoms. The van der Waals surface area contributed by atoms with Crippen LogP contribution in [0.15, 0.2) is 73.1 Å². The topological polar surface area (TPSA) is 153 Å². The van der Waals surface area contributed by atoms with E-state index in [0.29, 0.717) is 11.3 Å². The molecule has 2 atom stereocenters. The fraction of sp³-hybridized carbons (Fsp3) is 0.143. The number of rotatable bonds is 8. The highest BCUT2D eigenvalue weighted by Crippen LogP contribution is 2.09. The maximum atomic E-state index is 12.3. The van der Waals surface area contributed by atoms with Gasteiger partial charge in [0, 0.05) is 40.5 Å². The average molecular weight is 512 g/mol. The number of anilines is 2. The third kappa shape index (κ3) is 8.50. The number of aromatic nitrogens is 1. The van der Waals surface area contributed by atoms with Gasteiger partial charge in [0.25, 0.3) is 11.8 Å². The molecule has 10 nitrogen and oxygen atoms in total. The summed E-state index contributed by atoms with van der Waals surface area (Å²) < 4.78 is 0. The van der Waals surface area contributed by atoms with Crippen molar-refractivity contribution >= 4 is 29.1 Å². The van der Waals surface area contributed by atoms with E-state index in [1.54, 1.807) is 60.9 Å². The van der Waals surface area contributed by atoms with Crippen molar-refractivity contribution in [2.75, 3.05) is 17.2 Å². The number of carbonyl (C=O) groups excluding carboxylic acids is 3. The number of nitrogens with zero attached hydrogens (tertiary/aromatic N) is 1. The van der Waals surface area contributed by atoms with E-state index in [2.05, 4.69) is 44.6 Å². The van der Waals surface area contributed by atoms with Crippen molar-refractivity contribution in [3.8, 4) is 23.7 Å². The van der Waals surface area contributed by atoms with E-state index in [9.17, 15) is 19.5 Å². The Morgan fingerprint density at radius 1 is 0.868 bits per heavy atom. The first-order chi connectivity index (χ1) is 18.4. The second-order valence-corrected chi connectivity index (χ2v) is 7.96. The molecule has 1 heterocycles. The van der Waals surface area contributed by atoms with Gasteiger partial charge in [-0.05, 0) is 79.4 Å². The van der Waals surface area contributed by atoms with Crippen LogP contribution in [0.1, 0.15) is 28.4 Å². The molecule has 0 unspecified atom stereocenters. The summed E-state index contributed by atoms with van der Waals surface area (Å²) in [5, 5.41) is 26.5. The molecule has 3 rings (SSSR count). The molecule has 38 heavy (non-hydrogen) atoms. The Balaban J connectivity index is 1.51. The standard InChI is InChI=1S/C28H25N5O5/c1-19(34)26(28(37)33-38)32-27(36)22-10-6-20(7-11-22)4-2-3-5-21-8-12-24(13-9-21)31-25(35)18-30-23-14-16-29-17-15-23/h6-17,19,26,34,38H,18H2,1H3,(H,29,30)(H,31,35)(H,32,36)(H,33,37)/t19-,26+/m1/s1. The zero-order valence-electron chi connectivity index (χ0n) is 20.4. The third-order valence-corrected chi connectivity index (χ3v) is 5.09. The number of benzene rings is 2. The van der Waals surface area contributed by atoms with Crippen molar-refractivity contribution < 1.29 is 24.7 Å². The Labute approximate surface area is 219 Å². The molecule has 192 valence electrons. The lowest BCUT2D eigenvalue weighted by Crippen LogP contribution is -2.51. The predicted octanol–water partition coefficient (Wildman–Crippen LogP) is 1.52. The molecular weight excluding hydrogens is 486 g/mol. The van der Waals surface area contributed by atoms with Crippen molar-refractivity contribution in [3.63, 3.8) is 0 Å². The van der Waals surface area contributed by atoms with E-state index in [1.807, 2.05) is 0 Å². The van der Waals surface area contributed by atoms with Crippen LogP contribution in [-0.4, -0.2) is 51.7 Å². The first kappa shape index (κ1) is 27.4. The Morgan fingerprint density at radius 3 is 2.00 bits per heavy atom. The van der Waals surface area contributed by atoms with Crippen molar-refractivity contribution in [2.24, 2.45) is 0 Å². The molecule has 2 aromatic carbocycles. The highest BCUT2D eigenvalue weighted by molar-refractivity contribution is 5.97. The Bertz CT molecular complexity index is 1380. The number of amides is 3. The van der Waals surface area contributed by atoms with Gasteiger partial charge in [-0.2, -0.15) is 0 Å². The number of carbonyl (C=O) groups is 3. The van der Waals surface area contributed by atoms with Gasteiger partial charge in [0.2, 0.25) is 5.91 Å². The highest BCUT2D eigenvalue weighted by Gasteiger charge is 2.25. The van der Waals surface area contributed by atoms with Crippen LogP contribution < -0.4 is 21.4 Å². The zero-order valence-corrected chi connectivity index (χ0v) is 20.4. The van der Waals surface area contributed by atoms with Gasteiger partial charge in [0.15, 0.2) is 0 Å². The maximum absolute atomic E-state index is 12.3. The minimum atomic E-state index is -1.30. The molecule has 0 radical (unpaired) electrons. The van der Waals surface area contributed by atoms with E-state index < -0.39 is 24.0 Å². The molecule has 0 spiro atoms. The molecule has 0 fully saturated rings. The lowest BCUT2D eigenvalue weighted by molar-refractivity contribution is -0.133. The van der Waals surface area contributed by atoms with Crippen LogP contribution in [0, 0.1) is 23.7 Å². The number of aliphatic hydroxyl groups is 1.